The monoisotopic (exact) mass is 469 g/mol. The number of hydrogen-bond donors (Lipinski definition) is 1. The highest BCUT2D eigenvalue weighted by atomic mass is 35.5. The van der Waals surface area contributed by atoms with Gasteiger partial charge in [-0.3, -0.25) is 14.5 Å². The van der Waals surface area contributed by atoms with E-state index in [2.05, 4.69) is 5.32 Å². The number of sulfonamides is 1. The van der Waals surface area contributed by atoms with E-state index in [0.717, 1.165) is 42.0 Å². The molecule has 1 aromatic carbocycles. The van der Waals surface area contributed by atoms with Crippen LogP contribution in [-0.4, -0.2) is 55.0 Å². The number of piperazine rings is 1. The number of hydrogen-bond acceptors (Lipinski definition) is 4. The van der Waals surface area contributed by atoms with Crippen LogP contribution in [0.3, 0.4) is 0 Å². The molecular weight excluding hydrogens is 438 g/mol. The molecule has 1 aliphatic carbocycles. The average molecular weight is 470 g/mol. The molecule has 7 nitrogen and oxygen atoms in total. The number of nitrogens with one attached hydrogen (secondary N) is 1. The van der Waals surface area contributed by atoms with E-state index in [1.165, 1.54) is 4.90 Å². The van der Waals surface area contributed by atoms with Crippen LogP contribution in [0.2, 0.25) is 5.02 Å². The Morgan fingerprint density at radius 3 is 2.55 bits per heavy atom. The third-order valence-corrected chi connectivity index (χ3v) is 8.61. The first-order chi connectivity index (χ1) is 14.6. The number of anilines is 1. The lowest BCUT2D eigenvalue weighted by molar-refractivity contribution is -0.133. The summed E-state index contributed by atoms with van der Waals surface area (Å²) in [5.74, 6) is -0.829. The van der Waals surface area contributed by atoms with Gasteiger partial charge < -0.3 is 5.32 Å². The summed E-state index contributed by atoms with van der Waals surface area (Å²) >= 11 is 6.31. The van der Waals surface area contributed by atoms with E-state index < -0.39 is 21.5 Å². The molecule has 0 aromatic heterocycles. The van der Waals surface area contributed by atoms with Crippen LogP contribution in [0.4, 0.5) is 5.69 Å². The van der Waals surface area contributed by atoms with Gasteiger partial charge in [0.05, 0.1) is 12.3 Å². The maximum absolute atomic E-state index is 13.5. The lowest BCUT2D eigenvalue weighted by Gasteiger charge is -2.47. The molecular formula is C22H32ClN3O4S. The van der Waals surface area contributed by atoms with E-state index in [1.807, 2.05) is 6.92 Å². The van der Waals surface area contributed by atoms with Gasteiger partial charge in [-0.25, -0.2) is 8.42 Å². The highest BCUT2D eigenvalue weighted by Crippen LogP contribution is 2.33. The van der Waals surface area contributed by atoms with Gasteiger partial charge in [-0.2, -0.15) is 4.31 Å². The highest BCUT2D eigenvalue weighted by Gasteiger charge is 2.51. The van der Waals surface area contributed by atoms with Crippen LogP contribution in [-0.2, 0) is 19.6 Å². The second-order valence-electron chi connectivity index (χ2n) is 8.83. The number of carbonyl (C=O) groups excluding carboxylic acids is 2. The number of carbonyl (C=O) groups is 2. The van der Waals surface area contributed by atoms with Crippen LogP contribution in [0, 0.1) is 6.92 Å². The van der Waals surface area contributed by atoms with Crippen molar-refractivity contribution in [3.8, 4) is 0 Å². The van der Waals surface area contributed by atoms with E-state index >= 15 is 0 Å². The second kappa shape index (κ2) is 9.46. The van der Waals surface area contributed by atoms with Gasteiger partial charge in [0.25, 0.3) is 0 Å². The molecule has 1 heterocycles. The zero-order valence-corrected chi connectivity index (χ0v) is 20.1. The summed E-state index contributed by atoms with van der Waals surface area (Å²) in [6.07, 6.45) is 5.48. The topological polar surface area (TPSA) is 86.8 Å². The number of amides is 2. The molecule has 3 rings (SSSR count). The Labute approximate surface area is 190 Å². The Morgan fingerprint density at radius 2 is 1.94 bits per heavy atom. The van der Waals surface area contributed by atoms with E-state index in [9.17, 15) is 18.0 Å². The van der Waals surface area contributed by atoms with Crippen LogP contribution in [0.25, 0.3) is 0 Å². The minimum Gasteiger partial charge on any atom is -0.351 e. The van der Waals surface area contributed by atoms with Crippen molar-refractivity contribution in [3.05, 3.63) is 28.8 Å². The first-order valence-corrected chi connectivity index (χ1v) is 12.9. The summed E-state index contributed by atoms with van der Waals surface area (Å²) < 4.78 is 26.7. The largest absolute Gasteiger partial charge is 0.351 e. The standard InChI is InChI=1S/C22H32ClN3O4S/c1-4-12-31(29,30)25-14-20(27)26(18-11-10-16(2)19(23)13-18)22(3,15-25)21(28)24-17-8-6-5-7-9-17/h10-11,13,17H,4-9,12,14-15H2,1-3H3,(H,24,28)/t22-/m1/s1. The first-order valence-electron chi connectivity index (χ1n) is 11.0. The molecule has 0 unspecified atom stereocenters. The van der Waals surface area contributed by atoms with Gasteiger partial charge in [0.1, 0.15) is 5.54 Å². The normalized spacial score (nSPS) is 23.7. The molecule has 1 atom stereocenters. The summed E-state index contributed by atoms with van der Waals surface area (Å²) in [5.41, 5.74) is -0.0311. The first kappa shape index (κ1) is 24.0. The SMILES string of the molecule is CCCS(=O)(=O)N1CC(=O)N(c2ccc(C)c(Cl)c2)[C@@](C)(C(=O)NC2CCCCC2)C1. The Morgan fingerprint density at radius 1 is 1.26 bits per heavy atom. The van der Waals surface area contributed by atoms with Crippen molar-refractivity contribution >= 4 is 39.1 Å². The lowest BCUT2D eigenvalue weighted by Crippen LogP contribution is -2.71. The van der Waals surface area contributed by atoms with Crippen LogP contribution in [0.15, 0.2) is 18.2 Å². The Kier molecular flexibility index (Phi) is 7.33. The molecule has 1 N–H and O–H groups in total. The third-order valence-electron chi connectivity index (χ3n) is 6.24. The Balaban J connectivity index is 1.99. The van der Waals surface area contributed by atoms with Crippen molar-refractivity contribution in [2.24, 2.45) is 0 Å². The maximum atomic E-state index is 13.5. The molecule has 1 aliphatic heterocycles. The van der Waals surface area contributed by atoms with E-state index in [-0.39, 0.29) is 30.8 Å². The predicted octanol–water partition coefficient (Wildman–Crippen LogP) is 3.24. The smallest absolute Gasteiger partial charge is 0.247 e. The third kappa shape index (κ3) is 5.07. The summed E-state index contributed by atoms with van der Waals surface area (Å²) in [7, 11) is -3.64. The molecule has 0 radical (unpaired) electrons. The Bertz CT molecular complexity index is 946. The van der Waals surface area contributed by atoms with Gasteiger partial charge in [-0.05, 0) is 50.8 Å². The van der Waals surface area contributed by atoms with E-state index in [4.69, 9.17) is 11.6 Å². The summed E-state index contributed by atoms with van der Waals surface area (Å²) in [5, 5.41) is 3.58. The number of benzene rings is 1. The fourth-order valence-corrected chi connectivity index (χ4v) is 6.17. The number of halogens is 1. The number of rotatable bonds is 6. The highest BCUT2D eigenvalue weighted by molar-refractivity contribution is 7.89. The summed E-state index contributed by atoms with van der Waals surface area (Å²) in [6.45, 7) is 4.90. The Hall–Kier alpha value is -1.64. The average Bonchev–Trinajstić information content (AvgIpc) is 2.71. The molecule has 2 aliphatic rings. The van der Waals surface area contributed by atoms with E-state index in [1.54, 1.807) is 32.0 Å². The number of aryl methyl sites for hydroxylation is 1. The lowest BCUT2D eigenvalue weighted by atomic mass is 9.91. The van der Waals surface area contributed by atoms with Crippen molar-refractivity contribution in [3.63, 3.8) is 0 Å². The van der Waals surface area contributed by atoms with Gasteiger partial charge in [-0.1, -0.05) is 43.9 Å². The van der Waals surface area contributed by atoms with Crippen molar-refractivity contribution in [1.29, 1.82) is 0 Å². The summed E-state index contributed by atoms with van der Waals surface area (Å²) in [4.78, 5) is 28.2. The molecule has 172 valence electrons. The molecule has 0 spiro atoms. The summed E-state index contributed by atoms with van der Waals surface area (Å²) in [6, 6.07) is 5.25. The minimum atomic E-state index is -3.64. The van der Waals surface area contributed by atoms with Gasteiger partial charge in [0.2, 0.25) is 21.8 Å². The van der Waals surface area contributed by atoms with Crippen LogP contribution >= 0.6 is 11.6 Å². The van der Waals surface area contributed by atoms with Crippen molar-refractivity contribution in [2.45, 2.75) is 70.9 Å². The molecule has 0 bridgehead atoms. The molecule has 2 amide bonds. The van der Waals surface area contributed by atoms with Crippen LogP contribution < -0.4 is 10.2 Å². The molecule has 1 saturated carbocycles. The van der Waals surface area contributed by atoms with Gasteiger partial charge >= 0.3 is 0 Å². The van der Waals surface area contributed by atoms with E-state index in [0.29, 0.717) is 17.1 Å². The molecule has 31 heavy (non-hydrogen) atoms. The minimum absolute atomic E-state index is 0.0410. The fraction of sp³-hybridized carbons (Fsp3) is 0.636. The van der Waals surface area contributed by atoms with Gasteiger partial charge in [0, 0.05) is 23.3 Å². The van der Waals surface area contributed by atoms with Gasteiger partial charge in [0.15, 0.2) is 0 Å². The predicted molar refractivity (Wildman–Crippen MR) is 123 cm³/mol. The van der Waals surface area contributed by atoms with Crippen molar-refractivity contribution in [1.82, 2.24) is 9.62 Å². The van der Waals surface area contributed by atoms with Gasteiger partial charge in [-0.15, -0.1) is 0 Å². The van der Waals surface area contributed by atoms with Crippen molar-refractivity contribution < 1.29 is 18.0 Å². The fourth-order valence-electron chi connectivity index (χ4n) is 4.46. The molecule has 1 saturated heterocycles. The van der Waals surface area contributed by atoms with Crippen LogP contribution in [0.1, 0.15) is 57.9 Å². The molecule has 9 heteroatoms. The zero-order valence-electron chi connectivity index (χ0n) is 18.5. The van der Waals surface area contributed by atoms with Crippen LogP contribution in [0.5, 0.6) is 0 Å². The van der Waals surface area contributed by atoms with Crippen molar-refractivity contribution in [2.75, 3.05) is 23.7 Å². The maximum Gasteiger partial charge on any atom is 0.247 e. The zero-order chi connectivity index (χ0) is 22.8. The second-order valence-corrected chi connectivity index (χ2v) is 11.3. The molecule has 1 aromatic rings. The molecule has 2 fully saturated rings. The number of nitrogens with zero attached hydrogens (tertiary/aromatic N) is 2. The quantitative estimate of drug-likeness (QED) is 0.692.